The Balaban J connectivity index is 1.99. The molecule has 0 aliphatic heterocycles. The van der Waals surface area contributed by atoms with Gasteiger partial charge in [0.05, 0.1) is 24.2 Å². The van der Waals surface area contributed by atoms with Gasteiger partial charge in [0.25, 0.3) is 5.91 Å². The molecule has 10 heteroatoms. The molecule has 0 fully saturated rings. The molecule has 0 saturated carbocycles. The summed E-state index contributed by atoms with van der Waals surface area (Å²) in [6.07, 6.45) is 1.44. The zero-order chi connectivity index (χ0) is 28.9. The van der Waals surface area contributed by atoms with E-state index < -0.39 is 53.7 Å². The van der Waals surface area contributed by atoms with Crippen LogP contribution in [0.25, 0.3) is 11.1 Å². The van der Waals surface area contributed by atoms with Gasteiger partial charge in [-0.25, -0.2) is 13.2 Å². The Bertz CT molecular complexity index is 1370. The molecule has 2 aromatic carbocycles. The Labute approximate surface area is 224 Å². The summed E-state index contributed by atoms with van der Waals surface area (Å²) < 4.78 is 44.0. The third kappa shape index (κ3) is 7.22. The van der Waals surface area contributed by atoms with Crippen molar-refractivity contribution in [2.75, 3.05) is 0 Å². The topological polar surface area (TPSA) is 108 Å². The van der Waals surface area contributed by atoms with Gasteiger partial charge < -0.3 is 15.7 Å². The first-order chi connectivity index (χ1) is 18.4. The van der Waals surface area contributed by atoms with Crippen molar-refractivity contribution in [3.63, 3.8) is 0 Å². The third-order valence-electron chi connectivity index (χ3n) is 6.24. The van der Waals surface area contributed by atoms with Crippen LogP contribution in [0.5, 0.6) is 0 Å². The van der Waals surface area contributed by atoms with Crippen LogP contribution >= 0.6 is 0 Å². The Kier molecular flexibility index (Phi) is 9.45. The number of benzene rings is 2. The molecule has 3 rings (SSSR count). The van der Waals surface area contributed by atoms with Crippen molar-refractivity contribution < 1.29 is 32.7 Å². The van der Waals surface area contributed by atoms with E-state index >= 15 is 4.39 Å². The molecule has 2 atom stereocenters. The standard InChI is InChI=1S/C29H30F3N3O4/c1-15(2)10-24(35-28(38)19-8-9-33-14-22(19)31)29(39)34-23(13-25(36)37)20-11-18(12-21(30)27(20)32)26-16(3)6-5-7-17(26)4/h5-9,11-12,14-15,23-24H,10,13H2,1-4H3,(H,34,39)(H,35,38)(H,36,37)/t23?,24-/m0/s1. The van der Waals surface area contributed by atoms with Crippen LogP contribution in [-0.2, 0) is 9.59 Å². The van der Waals surface area contributed by atoms with Crippen molar-refractivity contribution in [2.24, 2.45) is 5.92 Å². The number of hydrogen-bond acceptors (Lipinski definition) is 4. The lowest BCUT2D eigenvalue weighted by Gasteiger charge is -2.25. The number of pyridine rings is 1. The smallest absolute Gasteiger partial charge is 0.305 e. The van der Waals surface area contributed by atoms with Gasteiger partial charge in [0.2, 0.25) is 5.91 Å². The Hall–Kier alpha value is -4.21. The number of nitrogens with one attached hydrogen (secondary N) is 2. The number of aliphatic carboxylic acids is 1. The van der Waals surface area contributed by atoms with Crippen LogP contribution in [0, 0.1) is 37.2 Å². The first-order valence-electron chi connectivity index (χ1n) is 12.4. The second-order valence-corrected chi connectivity index (χ2v) is 9.80. The fourth-order valence-electron chi connectivity index (χ4n) is 4.46. The van der Waals surface area contributed by atoms with Crippen molar-refractivity contribution in [2.45, 2.75) is 52.6 Å². The van der Waals surface area contributed by atoms with Crippen molar-refractivity contribution in [3.05, 3.63) is 88.5 Å². The molecule has 2 amide bonds. The lowest BCUT2D eigenvalue weighted by Crippen LogP contribution is -2.48. The quantitative estimate of drug-likeness (QED) is 0.325. The zero-order valence-corrected chi connectivity index (χ0v) is 22.0. The van der Waals surface area contributed by atoms with Gasteiger partial charge in [-0.1, -0.05) is 32.0 Å². The molecule has 7 nitrogen and oxygen atoms in total. The highest BCUT2D eigenvalue weighted by atomic mass is 19.2. The molecule has 0 saturated heterocycles. The van der Waals surface area contributed by atoms with E-state index in [9.17, 15) is 28.3 Å². The number of carboxylic acids is 1. The maximum Gasteiger partial charge on any atom is 0.305 e. The molecule has 1 heterocycles. The molecule has 3 N–H and O–H groups in total. The van der Waals surface area contributed by atoms with E-state index in [0.717, 1.165) is 29.5 Å². The summed E-state index contributed by atoms with van der Waals surface area (Å²) >= 11 is 0. The molecule has 0 bridgehead atoms. The van der Waals surface area contributed by atoms with Crippen LogP contribution in [0.15, 0.2) is 48.8 Å². The predicted octanol–water partition coefficient (Wildman–Crippen LogP) is 5.26. The lowest BCUT2D eigenvalue weighted by molar-refractivity contribution is -0.137. The van der Waals surface area contributed by atoms with Gasteiger partial charge in [-0.05, 0) is 66.6 Å². The number of hydrogen-bond donors (Lipinski definition) is 3. The van der Waals surface area contributed by atoms with Gasteiger partial charge in [-0.3, -0.25) is 19.4 Å². The highest BCUT2D eigenvalue weighted by molar-refractivity contribution is 5.97. The summed E-state index contributed by atoms with van der Waals surface area (Å²) in [7, 11) is 0. The average Bonchev–Trinajstić information content (AvgIpc) is 2.84. The highest BCUT2D eigenvalue weighted by Crippen LogP contribution is 2.33. The second kappa shape index (κ2) is 12.6. The average molecular weight is 542 g/mol. The van der Waals surface area contributed by atoms with Crippen LogP contribution in [0.4, 0.5) is 13.2 Å². The maximum atomic E-state index is 15.1. The van der Waals surface area contributed by atoms with Gasteiger partial charge in [0.15, 0.2) is 17.5 Å². The summed E-state index contributed by atoms with van der Waals surface area (Å²) in [5, 5.41) is 14.4. The normalized spacial score (nSPS) is 12.6. The van der Waals surface area contributed by atoms with E-state index in [-0.39, 0.29) is 23.5 Å². The Morgan fingerprint density at radius 1 is 0.974 bits per heavy atom. The molecule has 3 aromatic rings. The molecule has 1 unspecified atom stereocenters. The molecule has 0 aliphatic carbocycles. The van der Waals surface area contributed by atoms with Gasteiger partial charge in [0.1, 0.15) is 6.04 Å². The minimum atomic E-state index is -1.46. The van der Waals surface area contributed by atoms with E-state index in [0.29, 0.717) is 11.1 Å². The van der Waals surface area contributed by atoms with Crippen LogP contribution in [0.2, 0.25) is 0 Å². The molecule has 206 valence electrons. The number of aryl methyl sites for hydroxylation is 2. The molecular formula is C29H30F3N3O4. The molecular weight excluding hydrogens is 511 g/mol. The summed E-state index contributed by atoms with van der Waals surface area (Å²) in [5.41, 5.74) is 1.90. The monoisotopic (exact) mass is 541 g/mol. The van der Waals surface area contributed by atoms with E-state index in [4.69, 9.17) is 0 Å². The van der Waals surface area contributed by atoms with Crippen molar-refractivity contribution in [3.8, 4) is 11.1 Å². The largest absolute Gasteiger partial charge is 0.481 e. The predicted molar refractivity (Wildman–Crippen MR) is 139 cm³/mol. The third-order valence-corrected chi connectivity index (χ3v) is 6.24. The summed E-state index contributed by atoms with van der Waals surface area (Å²) in [4.78, 5) is 41.3. The first-order valence-corrected chi connectivity index (χ1v) is 12.4. The molecule has 0 spiro atoms. The van der Waals surface area contributed by atoms with Crippen molar-refractivity contribution >= 4 is 17.8 Å². The number of aromatic nitrogens is 1. The highest BCUT2D eigenvalue weighted by Gasteiger charge is 2.29. The molecule has 39 heavy (non-hydrogen) atoms. The lowest BCUT2D eigenvalue weighted by atomic mass is 9.92. The number of carbonyl (C=O) groups is 3. The number of carboxylic acid groups (broad SMARTS) is 1. The molecule has 1 aromatic heterocycles. The van der Waals surface area contributed by atoms with Gasteiger partial charge >= 0.3 is 5.97 Å². The van der Waals surface area contributed by atoms with E-state index in [1.165, 1.54) is 12.3 Å². The van der Waals surface area contributed by atoms with E-state index in [1.54, 1.807) is 13.8 Å². The summed E-state index contributed by atoms with van der Waals surface area (Å²) in [6, 6.07) is 6.27. The van der Waals surface area contributed by atoms with Gasteiger partial charge in [0, 0.05) is 11.8 Å². The number of nitrogens with zero attached hydrogens (tertiary/aromatic N) is 1. The number of rotatable bonds is 10. The van der Waals surface area contributed by atoms with Crippen molar-refractivity contribution in [1.29, 1.82) is 0 Å². The van der Waals surface area contributed by atoms with Gasteiger partial charge in [-0.2, -0.15) is 0 Å². The minimum Gasteiger partial charge on any atom is -0.481 e. The SMILES string of the molecule is Cc1cccc(C)c1-c1cc(F)c(F)c(C(CC(=O)O)NC(=O)[C@H](CC(C)C)NC(=O)c2ccncc2F)c1. The Morgan fingerprint density at radius 2 is 1.64 bits per heavy atom. The van der Waals surface area contributed by atoms with Crippen LogP contribution < -0.4 is 10.6 Å². The minimum absolute atomic E-state index is 0.109. The summed E-state index contributed by atoms with van der Waals surface area (Å²) in [5.74, 6) is -6.54. The van der Waals surface area contributed by atoms with Gasteiger partial charge in [-0.15, -0.1) is 0 Å². The number of carbonyl (C=O) groups excluding carboxylic acids is 2. The van der Waals surface area contributed by atoms with Crippen LogP contribution in [-0.4, -0.2) is 33.9 Å². The number of halogens is 3. The maximum absolute atomic E-state index is 15.1. The fourth-order valence-corrected chi connectivity index (χ4v) is 4.46. The van der Waals surface area contributed by atoms with Crippen LogP contribution in [0.1, 0.15) is 59.8 Å². The molecule has 0 radical (unpaired) electrons. The summed E-state index contributed by atoms with van der Waals surface area (Å²) in [6.45, 7) is 7.20. The van der Waals surface area contributed by atoms with E-state index in [1.807, 2.05) is 32.0 Å². The number of amides is 2. The Morgan fingerprint density at radius 3 is 2.23 bits per heavy atom. The van der Waals surface area contributed by atoms with E-state index in [2.05, 4.69) is 15.6 Å². The first kappa shape index (κ1) is 29.3. The molecule has 0 aliphatic rings. The van der Waals surface area contributed by atoms with Crippen molar-refractivity contribution in [1.82, 2.24) is 15.6 Å². The second-order valence-electron chi connectivity index (χ2n) is 9.80. The fraction of sp³-hybridized carbons (Fsp3) is 0.310. The van der Waals surface area contributed by atoms with Crippen LogP contribution in [0.3, 0.4) is 0 Å². The zero-order valence-electron chi connectivity index (χ0n) is 22.0.